The summed E-state index contributed by atoms with van der Waals surface area (Å²) in [4.78, 5) is 0. The maximum atomic E-state index is 3.98. The van der Waals surface area contributed by atoms with Crippen LogP contribution in [0.5, 0.6) is 0 Å². The van der Waals surface area contributed by atoms with E-state index < -0.39 is 0 Å². The number of rotatable bonds is 5. The van der Waals surface area contributed by atoms with Crippen LogP contribution < -0.4 is 0 Å². The van der Waals surface area contributed by atoms with Crippen molar-refractivity contribution in [3.8, 4) is 22.5 Å². The lowest BCUT2D eigenvalue weighted by molar-refractivity contribution is 1.16. The highest BCUT2D eigenvalue weighted by atomic mass is 15.0. The number of para-hydroxylation sites is 2. The monoisotopic (exact) mass is 564 g/mol. The number of hydrogen-bond acceptors (Lipinski definition) is 0. The molecule has 0 radical (unpaired) electrons. The molecule has 6 aromatic carbocycles. The quantitative estimate of drug-likeness (QED) is 0.197. The average molecular weight is 565 g/mol. The van der Waals surface area contributed by atoms with Gasteiger partial charge in [0, 0.05) is 32.9 Å². The van der Waals surface area contributed by atoms with Crippen molar-refractivity contribution in [3.63, 3.8) is 0 Å². The van der Waals surface area contributed by atoms with Crippen molar-refractivity contribution >= 4 is 55.8 Å². The maximum absolute atomic E-state index is 3.98. The average Bonchev–Trinajstić information content (AvgIpc) is 3.57. The van der Waals surface area contributed by atoms with Crippen LogP contribution in [0.15, 0.2) is 134 Å². The molecular weight excluding hydrogens is 532 g/mol. The molecule has 8 rings (SSSR count). The zero-order valence-corrected chi connectivity index (χ0v) is 25.0. The third kappa shape index (κ3) is 3.88. The van der Waals surface area contributed by atoms with Gasteiger partial charge in [-0.25, -0.2) is 0 Å². The van der Waals surface area contributed by atoms with Gasteiger partial charge in [0.05, 0.1) is 22.1 Å². The van der Waals surface area contributed by atoms with Gasteiger partial charge in [0.25, 0.3) is 0 Å². The Balaban J connectivity index is 1.24. The molecule has 0 spiro atoms. The number of nitrogens with zero attached hydrogens (tertiary/aromatic N) is 2. The van der Waals surface area contributed by atoms with Crippen LogP contribution in [-0.2, 0) is 0 Å². The van der Waals surface area contributed by atoms with E-state index in [4.69, 9.17) is 0 Å². The van der Waals surface area contributed by atoms with E-state index in [1.807, 2.05) is 12.2 Å². The number of hydrogen-bond donors (Lipinski definition) is 0. The zero-order valence-electron chi connectivity index (χ0n) is 25.0. The molecule has 44 heavy (non-hydrogen) atoms. The van der Waals surface area contributed by atoms with Crippen molar-refractivity contribution in [1.29, 1.82) is 0 Å². The third-order valence-electron chi connectivity index (χ3n) is 9.09. The Morgan fingerprint density at radius 1 is 0.432 bits per heavy atom. The van der Waals surface area contributed by atoms with Gasteiger partial charge in [-0.3, -0.25) is 0 Å². The lowest BCUT2D eigenvalue weighted by Crippen LogP contribution is -1.98. The normalized spacial score (nSPS) is 11.6. The summed E-state index contributed by atoms with van der Waals surface area (Å²) in [5, 5.41) is 5.00. The topological polar surface area (TPSA) is 9.86 Å². The summed E-state index contributed by atoms with van der Waals surface area (Å²) in [6, 6.07) is 44.2. The van der Waals surface area contributed by atoms with E-state index in [-0.39, 0.29) is 0 Å². The highest BCUT2D eigenvalue weighted by molar-refractivity contribution is 6.11. The molecule has 0 N–H and O–H groups in total. The summed E-state index contributed by atoms with van der Waals surface area (Å²) >= 11 is 0. The van der Waals surface area contributed by atoms with Gasteiger partial charge in [-0.1, -0.05) is 86.0 Å². The largest absolute Gasteiger partial charge is 0.309 e. The molecule has 2 heteroatoms. The molecule has 0 saturated carbocycles. The Morgan fingerprint density at radius 3 is 1.25 bits per heavy atom. The molecule has 0 atom stereocenters. The SMILES string of the molecule is C=Cc1ccc2c(c1)c1ccccc1n2-c1ccc(-c2ccc(-n3c4ccccc4c4cc(C=C)ccc43)cc2C)c(C)c1. The van der Waals surface area contributed by atoms with Crippen LogP contribution in [0.25, 0.3) is 78.3 Å². The molecule has 0 fully saturated rings. The molecule has 0 unspecified atom stereocenters. The molecule has 2 heterocycles. The first kappa shape index (κ1) is 26.1. The van der Waals surface area contributed by atoms with Crippen LogP contribution in [0.1, 0.15) is 22.3 Å². The zero-order chi connectivity index (χ0) is 29.9. The highest BCUT2D eigenvalue weighted by Gasteiger charge is 2.16. The van der Waals surface area contributed by atoms with Crippen molar-refractivity contribution in [1.82, 2.24) is 9.13 Å². The van der Waals surface area contributed by atoms with Gasteiger partial charge in [-0.2, -0.15) is 0 Å². The fraction of sp³-hybridized carbons (Fsp3) is 0.0476. The molecule has 210 valence electrons. The molecule has 0 aliphatic rings. The van der Waals surface area contributed by atoms with Crippen LogP contribution in [0, 0.1) is 13.8 Å². The van der Waals surface area contributed by atoms with Crippen molar-refractivity contribution in [2.75, 3.05) is 0 Å². The van der Waals surface area contributed by atoms with Crippen LogP contribution in [0.2, 0.25) is 0 Å². The first-order chi connectivity index (χ1) is 21.6. The van der Waals surface area contributed by atoms with E-state index in [1.165, 1.54) is 77.2 Å². The Kier molecular flexibility index (Phi) is 5.92. The summed E-state index contributed by atoms with van der Waals surface area (Å²) in [7, 11) is 0. The fourth-order valence-corrected chi connectivity index (χ4v) is 6.97. The summed E-state index contributed by atoms with van der Waals surface area (Å²) in [6.07, 6.45) is 3.83. The molecule has 0 bridgehead atoms. The van der Waals surface area contributed by atoms with E-state index in [9.17, 15) is 0 Å². The van der Waals surface area contributed by atoms with Crippen molar-refractivity contribution in [2.24, 2.45) is 0 Å². The molecular formula is C42H32N2. The predicted molar refractivity (Wildman–Crippen MR) is 190 cm³/mol. The van der Waals surface area contributed by atoms with Crippen LogP contribution in [-0.4, -0.2) is 9.13 Å². The minimum Gasteiger partial charge on any atom is -0.309 e. The highest BCUT2D eigenvalue weighted by Crippen LogP contribution is 2.37. The van der Waals surface area contributed by atoms with Crippen molar-refractivity contribution in [2.45, 2.75) is 13.8 Å². The van der Waals surface area contributed by atoms with Crippen molar-refractivity contribution in [3.05, 3.63) is 157 Å². The van der Waals surface area contributed by atoms with Crippen LogP contribution in [0.3, 0.4) is 0 Å². The first-order valence-corrected chi connectivity index (χ1v) is 15.1. The van der Waals surface area contributed by atoms with E-state index in [0.717, 1.165) is 11.1 Å². The van der Waals surface area contributed by atoms with E-state index in [1.54, 1.807) is 0 Å². The Hall–Kier alpha value is -5.60. The minimum atomic E-state index is 1.13. The van der Waals surface area contributed by atoms with Crippen LogP contribution in [0.4, 0.5) is 0 Å². The van der Waals surface area contributed by atoms with Crippen molar-refractivity contribution < 1.29 is 0 Å². The van der Waals surface area contributed by atoms with Gasteiger partial charge in [0.2, 0.25) is 0 Å². The van der Waals surface area contributed by atoms with Gasteiger partial charge < -0.3 is 9.13 Å². The Morgan fingerprint density at radius 2 is 0.841 bits per heavy atom. The van der Waals surface area contributed by atoms with Gasteiger partial charge in [-0.05, 0) is 108 Å². The van der Waals surface area contributed by atoms with E-state index in [0.29, 0.717) is 0 Å². The van der Waals surface area contributed by atoms with E-state index >= 15 is 0 Å². The Labute approximate surface area is 257 Å². The van der Waals surface area contributed by atoms with E-state index in [2.05, 4.69) is 157 Å². The fourth-order valence-electron chi connectivity index (χ4n) is 6.97. The number of fused-ring (bicyclic) bond motifs is 6. The summed E-state index contributed by atoms with van der Waals surface area (Å²) in [5.41, 5.74) is 14.4. The smallest absolute Gasteiger partial charge is 0.0541 e. The minimum absolute atomic E-state index is 1.13. The standard InChI is InChI=1S/C42H32N2/c1-5-29-15-21-41-37(25-29)35-11-7-9-13-39(35)43(41)31-17-19-33(27(3)23-31)34-20-18-32(24-28(34)4)44-40-14-10-8-12-36(40)38-26-30(6-2)16-22-42(38)44/h5-26H,1-2H2,3-4H3. The number of aromatic nitrogens is 2. The lowest BCUT2D eigenvalue weighted by atomic mass is 9.95. The Bertz CT molecular complexity index is 2270. The van der Waals surface area contributed by atoms with Gasteiger partial charge in [-0.15, -0.1) is 0 Å². The molecule has 0 aliphatic carbocycles. The molecule has 8 aromatic rings. The lowest BCUT2D eigenvalue weighted by Gasteiger charge is -2.16. The van der Waals surface area contributed by atoms with Crippen LogP contribution >= 0.6 is 0 Å². The third-order valence-corrected chi connectivity index (χ3v) is 9.09. The summed E-state index contributed by atoms with van der Waals surface area (Å²) < 4.78 is 4.76. The van der Waals surface area contributed by atoms with Gasteiger partial charge in [0.1, 0.15) is 0 Å². The maximum Gasteiger partial charge on any atom is 0.0541 e. The second-order valence-corrected chi connectivity index (χ2v) is 11.7. The second kappa shape index (κ2) is 10.00. The molecule has 2 nitrogen and oxygen atoms in total. The summed E-state index contributed by atoms with van der Waals surface area (Å²) in [5.74, 6) is 0. The second-order valence-electron chi connectivity index (χ2n) is 11.7. The predicted octanol–water partition coefficient (Wildman–Crippen LogP) is 11.5. The summed E-state index contributed by atoms with van der Waals surface area (Å²) in [6.45, 7) is 12.4. The molecule has 0 saturated heterocycles. The molecule has 2 aromatic heterocycles. The van der Waals surface area contributed by atoms with Gasteiger partial charge in [0.15, 0.2) is 0 Å². The molecule has 0 aliphatic heterocycles. The molecule has 0 amide bonds. The number of aryl methyl sites for hydroxylation is 2. The number of benzene rings is 6. The van der Waals surface area contributed by atoms with Gasteiger partial charge >= 0.3 is 0 Å². The first-order valence-electron chi connectivity index (χ1n) is 15.1.